The predicted octanol–water partition coefficient (Wildman–Crippen LogP) is 1.70. The zero-order chi connectivity index (χ0) is 13.8. The van der Waals surface area contributed by atoms with E-state index in [0.717, 1.165) is 0 Å². The van der Waals surface area contributed by atoms with Crippen molar-refractivity contribution in [3.8, 4) is 0 Å². The van der Waals surface area contributed by atoms with Gasteiger partial charge in [0.1, 0.15) is 0 Å². The Morgan fingerprint density at radius 3 is 2.61 bits per heavy atom. The van der Waals surface area contributed by atoms with E-state index in [1.54, 1.807) is 6.07 Å². The van der Waals surface area contributed by atoms with Gasteiger partial charge in [0.2, 0.25) is 5.91 Å². The first kappa shape index (κ1) is 14.9. The van der Waals surface area contributed by atoms with Gasteiger partial charge in [-0.2, -0.15) is 0 Å². The molecule has 0 saturated carbocycles. The maximum Gasteiger partial charge on any atom is 0.257 e. The highest BCUT2D eigenvalue weighted by atomic mass is 35.5. The highest BCUT2D eigenvalue weighted by Gasteiger charge is 2.15. The number of hydrogen-bond acceptors (Lipinski definition) is 3. The van der Waals surface area contributed by atoms with Crippen LogP contribution < -0.4 is 10.3 Å². The van der Waals surface area contributed by atoms with Gasteiger partial charge in [-0.05, 0) is 24.1 Å². The summed E-state index contributed by atoms with van der Waals surface area (Å²) in [4.78, 5) is 13.4. The molecule has 0 aliphatic rings. The molecule has 1 aromatic rings. The van der Waals surface area contributed by atoms with Crippen LogP contribution in [0.4, 0.5) is 0 Å². The van der Waals surface area contributed by atoms with E-state index in [2.05, 4.69) is 5.43 Å². The van der Waals surface area contributed by atoms with Crippen LogP contribution in [0.3, 0.4) is 0 Å². The molecule has 0 bridgehead atoms. The zero-order valence-electron chi connectivity index (χ0n) is 10.1. The van der Waals surface area contributed by atoms with Crippen molar-refractivity contribution >= 4 is 27.5 Å². The molecule has 18 heavy (non-hydrogen) atoms. The molecule has 5 nitrogen and oxygen atoms in total. The first-order valence-electron chi connectivity index (χ1n) is 5.37. The molecule has 0 fully saturated rings. The summed E-state index contributed by atoms with van der Waals surface area (Å²) in [6, 6.07) is 5.78. The van der Waals surface area contributed by atoms with Gasteiger partial charge in [0, 0.05) is 11.4 Å². The normalized spacial score (nSPS) is 11.6. The number of hydrogen-bond donors (Lipinski definition) is 2. The summed E-state index contributed by atoms with van der Waals surface area (Å²) in [6.45, 7) is 3.73. The lowest BCUT2D eigenvalue weighted by Gasteiger charge is -2.09. The Hall–Kier alpha value is -1.11. The average Bonchev–Trinajstić information content (AvgIpc) is 2.26. The van der Waals surface area contributed by atoms with E-state index in [4.69, 9.17) is 11.6 Å². The summed E-state index contributed by atoms with van der Waals surface area (Å²) in [7, 11) is -3.78. The Bertz CT molecular complexity index is 529. The van der Waals surface area contributed by atoms with Gasteiger partial charge >= 0.3 is 0 Å². The number of sulfonamides is 1. The number of halogens is 1. The number of carbonyl (C=O) groups excluding carboxylic acids is 1. The van der Waals surface area contributed by atoms with Crippen LogP contribution in [0.1, 0.15) is 20.3 Å². The molecule has 7 heteroatoms. The molecule has 0 aliphatic heterocycles. The molecule has 100 valence electrons. The van der Waals surface area contributed by atoms with E-state index < -0.39 is 10.0 Å². The maximum absolute atomic E-state index is 11.8. The van der Waals surface area contributed by atoms with E-state index in [1.807, 2.05) is 18.7 Å². The minimum absolute atomic E-state index is 0.000142. The second-order valence-electron chi connectivity index (χ2n) is 4.21. The Morgan fingerprint density at radius 1 is 1.39 bits per heavy atom. The Morgan fingerprint density at radius 2 is 2.06 bits per heavy atom. The lowest BCUT2D eigenvalue weighted by atomic mass is 10.1. The fraction of sp³-hybridized carbons (Fsp3) is 0.364. The molecule has 0 heterocycles. The average molecular weight is 291 g/mol. The Labute approximate surface area is 112 Å². The SMILES string of the molecule is CC(C)CC(=O)NNS(=O)(=O)c1cccc(Cl)c1. The van der Waals surface area contributed by atoms with Crippen LogP contribution in [0.2, 0.25) is 5.02 Å². The second-order valence-corrected chi connectivity index (χ2v) is 6.33. The topological polar surface area (TPSA) is 75.3 Å². The molecule has 0 atom stereocenters. The fourth-order valence-corrected chi connectivity index (χ4v) is 2.40. The van der Waals surface area contributed by atoms with Crippen LogP contribution in [0.25, 0.3) is 0 Å². The van der Waals surface area contributed by atoms with Crippen LogP contribution in [-0.2, 0) is 14.8 Å². The molecule has 0 aromatic heterocycles. The molecule has 1 amide bonds. The fourth-order valence-electron chi connectivity index (χ4n) is 1.24. The van der Waals surface area contributed by atoms with Gasteiger partial charge in [-0.3, -0.25) is 10.2 Å². The van der Waals surface area contributed by atoms with E-state index in [-0.39, 0.29) is 23.1 Å². The number of benzene rings is 1. The van der Waals surface area contributed by atoms with Crippen molar-refractivity contribution in [2.75, 3.05) is 0 Å². The molecule has 0 saturated heterocycles. The van der Waals surface area contributed by atoms with Gasteiger partial charge in [0.25, 0.3) is 10.0 Å². The van der Waals surface area contributed by atoms with Crippen LogP contribution in [0.15, 0.2) is 29.2 Å². The predicted molar refractivity (Wildman–Crippen MR) is 69.4 cm³/mol. The minimum atomic E-state index is -3.78. The van der Waals surface area contributed by atoms with Crippen LogP contribution in [0, 0.1) is 5.92 Å². The second kappa shape index (κ2) is 6.17. The third-order valence-corrected chi connectivity index (χ3v) is 3.51. The summed E-state index contributed by atoms with van der Waals surface area (Å²) in [5.41, 5.74) is 2.15. The quantitative estimate of drug-likeness (QED) is 0.811. The first-order chi connectivity index (χ1) is 8.31. The van der Waals surface area contributed by atoms with Gasteiger partial charge in [0.15, 0.2) is 0 Å². The molecular weight excluding hydrogens is 276 g/mol. The number of hydrazine groups is 1. The molecular formula is C11H15ClN2O3S. The lowest BCUT2D eigenvalue weighted by molar-refractivity contribution is -0.122. The van der Waals surface area contributed by atoms with Crippen LogP contribution >= 0.6 is 11.6 Å². The highest BCUT2D eigenvalue weighted by Crippen LogP contribution is 2.14. The van der Waals surface area contributed by atoms with Gasteiger partial charge in [-0.1, -0.05) is 31.5 Å². The summed E-state index contributed by atoms with van der Waals surface area (Å²) in [5, 5.41) is 0.311. The zero-order valence-corrected chi connectivity index (χ0v) is 11.7. The molecule has 1 aromatic carbocycles. The molecule has 0 aliphatic carbocycles. The molecule has 0 unspecified atom stereocenters. The maximum atomic E-state index is 11.8. The van der Waals surface area contributed by atoms with Crippen molar-refractivity contribution in [3.63, 3.8) is 0 Å². The number of carbonyl (C=O) groups is 1. The summed E-state index contributed by atoms with van der Waals surface area (Å²) < 4.78 is 23.6. The van der Waals surface area contributed by atoms with Gasteiger partial charge in [0.05, 0.1) is 4.90 Å². The lowest BCUT2D eigenvalue weighted by Crippen LogP contribution is -2.41. The van der Waals surface area contributed by atoms with Gasteiger partial charge < -0.3 is 0 Å². The number of rotatable bonds is 5. The summed E-state index contributed by atoms with van der Waals surface area (Å²) >= 11 is 5.70. The van der Waals surface area contributed by atoms with E-state index in [1.165, 1.54) is 18.2 Å². The van der Waals surface area contributed by atoms with Crippen molar-refractivity contribution in [2.45, 2.75) is 25.2 Å². The molecule has 0 radical (unpaired) electrons. The van der Waals surface area contributed by atoms with E-state index >= 15 is 0 Å². The third-order valence-electron chi connectivity index (χ3n) is 2.02. The molecule has 0 spiro atoms. The van der Waals surface area contributed by atoms with E-state index in [0.29, 0.717) is 5.02 Å². The van der Waals surface area contributed by atoms with Crippen LogP contribution in [0.5, 0.6) is 0 Å². The van der Waals surface area contributed by atoms with Gasteiger partial charge in [-0.25, -0.2) is 8.42 Å². The Balaban J connectivity index is 2.69. The van der Waals surface area contributed by atoms with Crippen LogP contribution in [-0.4, -0.2) is 14.3 Å². The largest absolute Gasteiger partial charge is 0.278 e. The summed E-state index contributed by atoms with van der Waals surface area (Å²) in [5.74, 6) is -0.226. The molecule has 2 N–H and O–H groups in total. The smallest absolute Gasteiger partial charge is 0.257 e. The van der Waals surface area contributed by atoms with Crippen molar-refractivity contribution in [1.29, 1.82) is 0 Å². The monoisotopic (exact) mass is 290 g/mol. The van der Waals surface area contributed by atoms with Crippen molar-refractivity contribution in [3.05, 3.63) is 29.3 Å². The number of nitrogens with one attached hydrogen (secondary N) is 2. The van der Waals surface area contributed by atoms with Gasteiger partial charge in [-0.15, -0.1) is 4.83 Å². The highest BCUT2D eigenvalue weighted by molar-refractivity contribution is 7.89. The first-order valence-corrected chi connectivity index (χ1v) is 7.23. The number of amides is 1. The standard InChI is InChI=1S/C11H15ClN2O3S/c1-8(2)6-11(15)13-14-18(16,17)10-5-3-4-9(12)7-10/h3-5,7-8,14H,6H2,1-2H3,(H,13,15). The van der Waals surface area contributed by atoms with Crippen molar-refractivity contribution < 1.29 is 13.2 Å². The summed E-state index contributed by atoms with van der Waals surface area (Å²) in [6.07, 6.45) is 0.248. The Kier molecular flexibility index (Phi) is 5.13. The van der Waals surface area contributed by atoms with E-state index in [9.17, 15) is 13.2 Å². The third kappa shape index (κ3) is 4.64. The van der Waals surface area contributed by atoms with Crippen molar-refractivity contribution in [2.24, 2.45) is 5.92 Å². The minimum Gasteiger partial charge on any atom is -0.278 e. The molecule has 1 rings (SSSR count). The van der Waals surface area contributed by atoms with Crippen molar-refractivity contribution in [1.82, 2.24) is 10.3 Å².